The molecule has 0 atom stereocenters. The lowest BCUT2D eigenvalue weighted by Gasteiger charge is -2.14. The lowest BCUT2D eigenvalue weighted by molar-refractivity contribution is -0.105. The summed E-state index contributed by atoms with van der Waals surface area (Å²) in [6, 6.07) is 2.31. The molecule has 0 bridgehead atoms. The number of aryl methyl sites for hydroxylation is 2. The Morgan fingerprint density at radius 1 is 1.21 bits per heavy atom. The molecule has 0 fully saturated rings. The highest BCUT2D eigenvalue weighted by Gasteiger charge is 2.28. The lowest BCUT2D eigenvalue weighted by Crippen LogP contribution is -2.15. The van der Waals surface area contributed by atoms with Crippen LogP contribution in [0.5, 0.6) is 5.75 Å². The van der Waals surface area contributed by atoms with E-state index in [1.807, 2.05) is 0 Å². The molecule has 0 spiro atoms. The van der Waals surface area contributed by atoms with E-state index in [1.165, 1.54) is 19.9 Å². The number of nitrogens with zero attached hydrogens (tertiary/aromatic N) is 2. The molecule has 0 unspecified atom stereocenters. The van der Waals surface area contributed by atoms with E-state index in [9.17, 15) is 26.3 Å². The third-order valence-corrected chi connectivity index (χ3v) is 5.47. The summed E-state index contributed by atoms with van der Waals surface area (Å²) in [7, 11) is 0. The fourth-order valence-corrected chi connectivity index (χ4v) is 3.52. The van der Waals surface area contributed by atoms with Crippen LogP contribution in [-0.4, -0.2) is 35.0 Å². The van der Waals surface area contributed by atoms with E-state index < -0.39 is 29.9 Å². The minimum absolute atomic E-state index is 0.00505. The minimum atomic E-state index is -4.35. The summed E-state index contributed by atoms with van der Waals surface area (Å²) in [5.74, 6) is -1.75. The molecule has 0 aliphatic heterocycles. The highest BCUT2D eigenvalue weighted by Crippen LogP contribution is 2.33. The number of hydrogen-bond donors (Lipinski definition) is 1. The topological polar surface area (TPSA) is 47.0 Å². The van der Waals surface area contributed by atoms with E-state index in [-0.39, 0.29) is 39.9 Å². The Morgan fingerprint density at radius 3 is 2.52 bits per heavy atom. The minimum Gasteiger partial charge on any atom is -0.489 e. The van der Waals surface area contributed by atoms with Gasteiger partial charge in [-0.3, -0.25) is 0 Å². The molecule has 0 aliphatic rings. The van der Waals surface area contributed by atoms with Gasteiger partial charge in [-0.15, -0.1) is 11.8 Å². The Balaban J connectivity index is 2.01. The molecular formula is C17H16BrF6N3OS. The number of halogens is 7. The molecule has 2 rings (SSSR count). The summed E-state index contributed by atoms with van der Waals surface area (Å²) in [5.41, 5.74) is -0.0982. The summed E-state index contributed by atoms with van der Waals surface area (Å²) in [5, 5.41) is 2.78. The summed E-state index contributed by atoms with van der Waals surface area (Å²) in [6.45, 7) is 2.96. The van der Waals surface area contributed by atoms with Crippen LogP contribution in [-0.2, 0) is 0 Å². The molecule has 2 aromatic rings. The van der Waals surface area contributed by atoms with Crippen molar-refractivity contribution in [1.29, 1.82) is 0 Å². The van der Waals surface area contributed by atoms with Crippen LogP contribution in [0.2, 0.25) is 0 Å². The summed E-state index contributed by atoms with van der Waals surface area (Å²) >= 11 is 3.55. The van der Waals surface area contributed by atoms with E-state index in [1.54, 1.807) is 0 Å². The van der Waals surface area contributed by atoms with Crippen molar-refractivity contribution in [3.8, 4) is 5.75 Å². The summed E-state index contributed by atoms with van der Waals surface area (Å²) < 4.78 is 82.5. The van der Waals surface area contributed by atoms with Crippen molar-refractivity contribution in [2.45, 2.75) is 31.3 Å². The van der Waals surface area contributed by atoms with Crippen LogP contribution in [0.25, 0.3) is 0 Å². The van der Waals surface area contributed by atoms with Crippen LogP contribution in [0.4, 0.5) is 32.2 Å². The highest BCUT2D eigenvalue weighted by atomic mass is 79.9. The van der Waals surface area contributed by atoms with E-state index >= 15 is 0 Å². The third-order valence-electron chi connectivity index (χ3n) is 3.47. The van der Waals surface area contributed by atoms with Crippen molar-refractivity contribution in [2.24, 2.45) is 0 Å². The van der Waals surface area contributed by atoms with Gasteiger partial charge < -0.3 is 10.1 Å². The highest BCUT2D eigenvalue weighted by molar-refractivity contribution is 9.10. The number of ether oxygens (including phenoxy) is 1. The van der Waals surface area contributed by atoms with Gasteiger partial charge in [-0.1, -0.05) is 0 Å². The average Bonchev–Trinajstić information content (AvgIpc) is 2.60. The molecule has 1 aromatic heterocycles. The zero-order valence-corrected chi connectivity index (χ0v) is 17.6. The summed E-state index contributed by atoms with van der Waals surface area (Å²) in [4.78, 5) is 7.92. The molecule has 1 aromatic carbocycles. The van der Waals surface area contributed by atoms with Gasteiger partial charge in [0.25, 0.3) is 6.43 Å². The zero-order valence-electron chi connectivity index (χ0n) is 15.2. The molecule has 1 heterocycles. The molecule has 0 saturated carbocycles. The van der Waals surface area contributed by atoms with Gasteiger partial charge in [0.2, 0.25) is 0 Å². The van der Waals surface area contributed by atoms with Crippen molar-refractivity contribution in [3.63, 3.8) is 0 Å². The van der Waals surface area contributed by atoms with Crippen LogP contribution >= 0.6 is 27.7 Å². The number of rotatable bonds is 8. The second kappa shape index (κ2) is 9.88. The Kier molecular flexibility index (Phi) is 8.03. The Labute approximate surface area is 175 Å². The third kappa shape index (κ3) is 6.95. The van der Waals surface area contributed by atoms with Crippen molar-refractivity contribution < 1.29 is 31.1 Å². The first-order valence-electron chi connectivity index (χ1n) is 8.16. The first-order valence-corrected chi connectivity index (χ1v) is 9.94. The number of aromatic nitrogens is 2. The van der Waals surface area contributed by atoms with Gasteiger partial charge in [-0.2, -0.15) is 13.2 Å². The van der Waals surface area contributed by atoms with Gasteiger partial charge >= 0.3 is 6.18 Å². The van der Waals surface area contributed by atoms with E-state index in [2.05, 4.69) is 31.2 Å². The number of anilines is 1. The first kappa shape index (κ1) is 23.6. The lowest BCUT2D eigenvalue weighted by atomic mass is 10.2. The molecule has 160 valence electrons. The maximum atomic E-state index is 14.0. The van der Waals surface area contributed by atoms with Gasteiger partial charge in [-0.05, 0) is 47.5 Å². The molecule has 12 heteroatoms. The molecule has 1 N–H and O–H groups in total. The van der Waals surface area contributed by atoms with Gasteiger partial charge in [0.15, 0.2) is 11.6 Å². The van der Waals surface area contributed by atoms with Crippen LogP contribution in [0.1, 0.15) is 23.5 Å². The van der Waals surface area contributed by atoms with Crippen molar-refractivity contribution >= 4 is 33.5 Å². The van der Waals surface area contributed by atoms with Crippen LogP contribution in [0, 0.1) is 19.7 Å². The number of nitrogens with one attached hydrogen (secondary N) is 1. The van der Waals surface area contributed by atoms with Gasteiger partial charge in [-0.25, -0.2) is 23.1 Å². The van der Waals surface area contributed by atoms with Crippen molar-refractivity contribution in [1.82, 2.24) is 9.97 Å². The predicted octanol–water partition coefficient (Wildman–Crippen LogP) is 6.08. The number of alkyl halides is 5. The SMILES string of the molecule is Cc1nc(NCCOc2cc(SCC(F)(F)F)c(C)cc2F)c(Br)c(C(F)F)n1. The fraction of sp³-hybridized carbons (Fsp3) is 0.412. The summed E-state index contributed by atoms with van der Waals surface area (Å²) in [6.07, 6.45) is -7.14. The largest absolute Gasteiger partial charge is 0.489 e. The maximum Gasteiger partial charge on any atom is 0.398 e. The zero-order chi connectivity index (χ0) is 21.8. The first-order chi connectivity index (χ1) is 13.5. The maximum absolute atomic E-state index is 14.0. The van der Waals surface area contributed by atoms with E-state index in [0.717, 1.165) is 6.07 Å². The molecule has 0 amide bonds. The Bertz CT molecular complexity index is 866. The average molecular weight is 504 g/mol. The number of benzene rings is 1. The monoisotopic (exact) mass is 503 g/mol. The molecular weight excluding hydrogens is 488 g/mol. The second-order valence-electron chi connectivity index (χ2n) is 5.85. The Hall–Kier alpha value is -1.69. The number of thioether (sulfide) groups is 1. The van der Waals surface area contributed by atoms with E-state index in [0.29, 0.717) is 17.3 Å². The van der Waals surface area contributed by atoms with Crippen LogP contribution in [0.15, 0.2) is 21.5 Å². The Morgan fingerprint density at radius 2 is 1.90 bits per heavy atom. The van der Waals surface area contributed by atoms with Gasteiger partial charge in [0.05, 0.1) is 16.8 Å². The molecule has 4 nitrogen and oxygen atoms in total. The van der Waals surface area contributed by atoms with E-state index in [4.69, 9.17) is 4.74 Å². The standard InChI is InChI=1S/C17H16BrF6N3OS/c1-8-5-10(19)11(6-12(8)29-7-17(22,23)24)28-4-3-25-16-13(18)14(15(20)21)26-9(2)27-16/h5-6,15H,3-4,7H2,1-2H3,(H,25,26,27). The van der Waals surface area contributed by atoms with Gasteiger partial charge in [0, 0.05) is 4.90 Å². The normalized spacial score (nSPS) is 11.8. The predicted molar refractivity (Wildman–Crippen MR) is 101 cm³/mol. The fourth-order valence-electron chi connectivity index (χ4n) is 2.23. The molecule has 0 saturated heterocycles. The molecule has 0 radical (unpaired) electrons. The smallest absolute Gasteiger partial charge is 0.398 e. The van der Waals surface area contributed by atoms with Crippen molar-refractivity contribution in [2.75, 3.05) is 24.2 Å². The van der Waals surface area contributed by atoms with Crippen molar-refractivity contribution in [3.05, 3.63) is 39.5 Å². The van der Waals surface area contributed by atoms with Crippen LogP contribution < -0.4 is 10.1 Å². The van der Waals surface area contributed by atoms with Gasteiger partial charge in [0.1, 0.15) is 23.9 Å². The molecule has 0 aliphatic carbocycles. The quantitative estimate of drug-likeness (QED) is 0.269. The number of hydrogen-bond acceptors (Lipinski definition) is 5. The van der Waals surface area contributed by atoms with Crippen LogP contribution in [0.3, 0.4) is 0 Å². The molecule has 29 heavy (non-hydrogen) atoms. The second-order valence-corrected chi connectivity index (χ2v) is 7.66.